The molecule has 0 amide bonds. The predicted molar refractivity (Wildman–Crippen MR) is 95.7 cm³/mol. The van der Waals surface area contributed by atoms with Crippen LogP contribution in [0.2, 0.25) is 0 Å². The highest BCUT2D eigenvalue weighted by molar-refractivity contribution is 5.72. The number of nitrogens with two attached hydrogens (primary N) is 1. The van der Waals surface area contributed by atoms with Crippen LogP contribution in [-0.2, 0) is 16.1 Å². The summed E-state index contributed by atoms with van der Waals surface area (Å²) >= 11 is 0. The minimum absolute atomic E-state index is 0.150. The Kier molecular flexibility index (Phi) is 7.37. The molecule has 6 nitrogen and oxygen atoms in total. The molecule has 0 spiro atoms. The number of hydrogen-bond acceptors (Lipinski definition) is 4. The summed E-state index contributed by atoms with van der Waals surface area (Å²) in [6.45, 7) is 2.11. The van der Waals surface area contributed by atoms with Gasteiger partial charge in [0.1, 0.15) is 0 Å². The third kappa shape index (κ3) is 5.55. The maximum Gasteiger partial charge on any atom is 0.334 e. The van der Waals surface area contributed by atoms with Crippen LogP contribution >= 0.6 is 0 Å². The molecule has 2 rings (SSSR count). The first-order chi connectivity index (χ1) is 12.2. The number of carboxylic acids is 1. The first-order valence-electron chi connectivity index (χ1n) is 8.44. The van der Waals surface area contributed by atoms with Crippen molar-refractivity contribution in [3.63, 3.8) is 0 Å². The number of allylic oxidation sites excluding steroid dienone is 2. The monoisotopic (exact) mass is 343 g/mol. The first kappa shape index (κ1) is 18.9. The van der Waals surface area contributed by atoms with E-state index in [0.29, 0.717) is 12.8 Å². The molecular formula is C19H25N3O3. The van der Waals surface area contributed by atoms with E-state index < -0.39 is 12.1 Å². The van der Waals surface area contributed by atoms with Crippen molar-refractivity contribution in [2.24, 2.45) is 5.90 Å². The van der Waals surface area contributed by atoms with Crippen LogP contribution in [0.1, 0.15) is 37.8 Å². The maximum absolute atomic E-state index is 11.0. The second-order valence-electron chi connectivity index (χ2n) is 5.89. The van der Waals surface area contributed by atoms with E-state index in [1.165, 1.54) is 11.1 Å². The molecule has 0 aliphatic rings. The van der Waals surface area contributed by atoms with Crippen molar-refractivity contribution in [1.29, 1.82) is 0 Å². The average Bonchev–Trinajstić information content (AvgIpc) is 3.15. The van der Waals surface area contributed by atoms with Crippen LogP contribution in [-0.4, -0.2) is 26.7 Å². The molecule has 1 heterocycles. The van der Waals surface area contributed by atoms with Gasteiger partial charge in [-0.3, -0.25) is 4.84 Å². The number of carboxylic acid groups (broad SMARTS) is 1. The lowest BCUT2D eigenvalue weighted by Crippen LogP contribution is -2.26. The molecule has 0 aliphatic heterocycles. The lowest BCUT2D eigenvalue weighted by Gasteiger charge is -2.22. The van der Waals surface area contributed by atoms with E-state index in [9.17, 15) is 4.79 Å². The number of hydrogen-bond donors (Lipinski definition) is 2. The Morgan fingerprint density at radius 2 is 2.16 bits per heavy atom. The number of benzene rings is 1. The summed E-state index contributed by atoms with van der Waals surface area (Å²) in [5.74, 6) is 4.01. The first-order valence-corrected chi connectivity index (χ1v) is 8.44. The van der Waals surface area contributed by atoms with Crippen molar-refractivity contribution in [3.8, 4) is 0 Å². The third-order valence-electron chi connectivity index (χ3n) is 4.27. The van der Waals surface area contributed by atoms with Crippen LogP contribution < -0.4 is 5.90 Å². The van der Waals surface area contributed by atoms with E-state index in [1.807, 2.05) is 30.7 Å². The largest absolute Gasteiger partial charge is 0.479 e. The zero-order valence-electron chi connectivity index (χ0n) is 14.4. The second kappa shape index (κ2) is 9.76. The van der Waals surface area contributed by atoms with Gasteiger partial charge in [0.2, 0.25) is 0 Å². The molecule has 0 aliphatic carbocycles. The number of rotatable bonds is 10. The van der Waals surface area contributed by atoms with Crippen molar-refractivity contribution in [3.05, 3.63) is 66.3 Å². The zero-order chi connectivity index (χ0) is 18.1. The molecule has 2 unspecified atom stereocenters. The van der Waals surface area contributed by atoms with Crippen LogP contribution in [0.25, 0.3) is 0 Å². The summed E-state index contributed by atoms with van der Waals surface area (Å²) in [6, 6.07) is 10.4. The summed E-state index contributed by atoms with van der Waals surface area (Å²) < 4.78 is 2.09. The van der Waals surface area contributed by atoms with Gasteiger partial charge < -0.3 is 9.67 Å². The maximum atomic E-state index is 11.0. The number of carbonyl (C=O) groups is 1. The van der Waals surface area contributed by atoms with Crippen molar-refractivity contribution in [2.45, 2.75) is 44.8 Å². The molecule has 2 aromatic rings. The van der Waals surface area contributed by atoms with Gasteiger partial charge in [-0.05, 0) is 31.2 Å². The lowest BCUT2D eigenvalue weighted by atomic mass is 9.95. The Balaban J connectivity index is 2.15. The van der Waals surface area contributed by atoms with Crippen molar-refractivity contribution in [2.75, 3.05) is 0 Å². The smallest absolute Gasteiger partial charge is 0.334 e. The summed E-state index contributed by atoms with van der Waals surface area (Å²) in [7, 11) is 0. The normalized spacial score (nSPS) is 14.2. The molecule has 0 saturated heterocycles. The second-order valence-corrected chi connectivity index (χ2v) is 5.89. The van der Waals surface area contributed by atoms with Crippen LogP contribution in [0.4, 0.5) is 0 Å². The number of aliphatic carboxylic acids is 1. The van der Waals surface area contributed by atoms with Crippen molar-refractivity contribution in [1.82, 2.24) is 9.55 Å². The van der Waals surface area contributed by atoms with Crippen molar-refractivity contribution >= 4 is 5.97 Å². The summed E-state index contributed by atoms with van der Waals surface area (Å²) in [4.78, 5) is 19.7. The van der Waals surface area contributed by atoms with Crippen LogP contribution in [0.15, 0.2) is 60.7 Å². The van der Waals surface area contributed by atoms with Gasteiger partial charge in [0, 0.05) is 12.4 Å². The standard InChI is InChI=1S/C19H25N3O3/c1-2-16(9-6-10-18(25-20)19(23)24)17(22-12-11-21-14-22)13-15-7-4-3-5-8-15/h3-5,7-9,11-12,14,17-18H,2,6,10,13,20H2,1H3,(H,23,24)/b16-9-. The molecular weight excluding hydrogens is 318 g/mol. The van der Waals surface area contributed by atoms with Gasteiger partial charge in [-0.15, -0.1) is 0 Å². The Bertz CT molecular complexity index is 668. The summed E-state index contributed by atoms with van der Waals surface area (Å²) in [5.41, 5.74) is 2.48. The number of imidazole rings is 1. The minimum Gasteiger partial charge on any atom is -0.479 e. The average molecular weight is 343 g/mol. The van der Waals surface area contributed by atoms with Crippen LogP contribution in [0, 0.1) is 0 Å². The molecule has 134 valence electrons. The van der Waals surface area contributed by atoms with Gasteiger partial charge in [-0.1, -0.05) is 48.9 Å². The summed E-state index contributed by atoms with van der Waals surface area (Å²) in [6.07, 6.45) is 9.34. The van der Waals surface area contributed by atoms with Gasteiger partial charge in [0.15, 0.2) is 6.10 Å². The molecule has 6 heteroatoms. The van der Waals surface area contributed by atoms with Crippen LogP contribution in [0.3, 0.4) is 0 Å². The molecule has 1 aromatic carbocycles. The van der Waals surface area contributed by atoms with Gasteiger partial charge in [-0.2, -0.15) is 0 Å². The summed E-state index contributed by atoms with van der Waals surface area (Å²) in [5, 5.41) is 9.01. The van der Waals surface area contributed by atoms with E-state index in [-0.39, 0.29) is 6.04 Å². The topological polar surface area (TPSA) is 90.4 Å². The van der Waals surface area contributed by atoms with Gasteiger partial charge in [0.05, 0.1) is 12.4 Å². The van der Waals surface area contributed by atoms with Gasteiger partial charge >= 0.3 is 5.97 Å². The molecule has 0 bridgehead atoms. The Hall–Kier alpha value is -2.44. The molecule has 3 N–H and O–H groups in total. The molecule has 25 heavy (non-hydrogen) atoms. The van der Waals surface area contributed by atoms with E-state index in [2.05, 4.69) is 39.5 Å². The Morgan fingerprint density at radius 1 is 1.40 bits per heavy atom. The molecule has 0 fully saturated rings. The molecule has 1 aromatic heterocycles. The van der Waals surface area contributed by atoms with Crippen LogP contribution in [0.5, 0.6) is 0 Å². The third-order valence-corrected chi connectivity index (χ3v) is 4.27. The fourth-order valence-electron chi connectivity index (χ4n) is 2.90. The predicted octanol–water partition coefficient (Wildman–Crippen LogP) is 3.13. The molecule has 0 radical (unpaired) electrons. The van der Waals surface area contributed by atoms with E-state index in [0.717, 1.165) is 12.8 Å². The lowest BCUT2D eigenvalue weighted by molar-refractivity contribution is -0.151. The van der Waals surface area contributed by atoms with Gasteiger partial charge in [0.25, 0.3) is 0 Å². The Morgan fingerprint density at radius 3 is 2.72 bits per heavy atom. The fraction of sp³-hybridized carbons (Fsp3) is 0.368. The number of nitrogens with zero attached hydrogens (tertiary/aromatic N) is 2. The van der Waals surface area contributed by atoms with Crippen molar-refractivity contribution < 1.29 is 14.7 Å². The molecule has 2 atom stereocenters. The SMILES string of the molecule is CC/C(=C/CCC(ON)C(=O)O)C(Cc1ccccc1)n1ccnc1. The number of aromatic nitrogens is 2. The fourth-order valence-corrected chi connectivity index (χ4v) is 2.90. The Labute approximate surface area is 147 Å². The van der Waals surface area contributed by atoms with E-state index in [1.54, 1.807) is 6.20 Å². The highest BCUT2D eigenvalue weighted by Crippen LogP contribution is 2.26. The van der Waals surface area contributed by atoms with E-state index >= 15 is 0 Å². The van der Waals surface area contributed by atoms with Gasteiger partial charge in [-0.25, -0.2) is 15.7 Å². The zero-order valence-corrected chi connectivity index (χ0v) is 14.4. The minimum atomic E-state index is -1.04. The quantitative estimate of drug-likeness (QED) is 0.511. The highest BCUT2D eigenvalue weighted by atomic mass is 16.6. The highest BCUT2D eigenvalue weighted by Gasteiger charge is 2.18. The van der Waals surface area contributed by atoms with E-state index in [4.69, 9.17) is 11.0 Å². The molecule has 0 saturated carbocycles.